The number of hydrogen-bond acceptors (Lipinski definition) is 2. The van der Waals surface area contributed by atoms with E-state index in [2.05, 4.69) is 40.3 Å². The second-order valence-electron chi connectivity index (χ2n) is 3.96. The molecular weight excluding hydrogens is 290 g/mol. The highest BCUT2D eigenvalue weighted by Crippen LogP contribution is 2.29. The molecule has 2 nitrogen and oxygen atoms in total. The van der Waals surface area contributed by atoms with Crippen molar-refractivity contribution in [2.75, 3.05) is 6.54 Å². The number of hydrogen-bond donors (Lipinski definition) is 1. The minimum Gasteiger partial charge on any atom is -0.456 e. The lowest BCUT2D eigenvalue weighted by molar-refractivity contribution is 0.478. The molecule has 0 fully saturated rings. The van der Waals surface area contributed by atoms with Crippen molar-refractivity contribution >= 4 is 15.9 Å². The van der Waals surface area contributed by atoms with Gasteiger partial charge in [0.05, 0.1) is 4.47 Å². The molecule has 94 valence electrons. The van der Waals surface area contributed by atoms with E-state index >= 15 is 0 Å². The monoisotopic (exact) mass is 305 g/mol. The minimum atomic E-state index is 0.832. The SMILES string of the molecule is CCNCc1cccc(Oc2ccccc2Br)c1. The Kier molecular flexibility index (Phi) is 4.79. The molecule has 0 aliphatic carbocycles. The van der Waals surface area contributed by atoms with Crippen LogP contribution in [-0.4, -0.2) is 6.54 Å². The standard InChI is InChI=1S/C15H16BrNO/c1-2-17-11-12-6-5-7-13(10-12)18-15-9-4-3-8-14(15)16/h3-10,17H,2,11H2,1H3. The molecule has 3 heteroatoms. The van der Waals surface area contributed by atoms with Gasteiger partial charge in [0, 0.05) is 6.54 Å². The summed E-state index contributed by atoms with van der Waals surface area (Å²) in [5, 5.41) is 3.30. The van der Waals surface area contributed by atoms with Gasteiger partial charge in [-0.05, 0) is 52.3 Å². The highest BCUT2D eigenvalue weighted by Gasteiger charge is 2.02. The summed E-state index contributed by atoms with van der Waals surface area (Å²) in [5.74, 6) is 1.69. The highest BCUT2D eigenvalue weighted by atomic mass is 79.9. The quantitative estimate of drug-likeness (QED) is 0.886. The van der Waals surface area contributed by atoms with Gasteiger partial charge in [-0.2, -0.15) is 0 Å². The van der Waals surface area contributed by atoms with E-state index in [1.54, 1.807) is 0 Å². The molecule has 0 aliphatic heterocycles. The summed E-state index contributed by atoms with van der Waals surface area (Å²) in [5.41, 5.74) is 1.22. The first-order valence-corrected chi connectivity index (χ1v) is 6.81. The Hall–Kier alpha value is -1.32. The van der Waals surface area contributed by atoms with Crippen LogP contribution in [0.5, 0.6) is 11.5 Å². The number of nitrogens with one attached hydrogen (secondary N) is 1. The van der Waals surface area contributed by atoms with E-state index in [1.165, 1.54) is 5.56 Å². The Morgan fingerprint density at radius 2 is 1.94 bits per heavy atom. The summed E-state index contributed by atoms with van der Waals surface area (Å²) < 4.78 is 6.82. The second kappa shape index (κ2) is 6.57. The molecule has 0 saturated carbocycles. The maximum Gasteiger partial charge on any atom is 0.141 e. The Balaban J connectivity index is 2.12. The predicted octanol–water partition coefficient (Wildman–Crippen LogP) is 4.35. The maximum absolute atomic E-state index is 5.86. The first kappa shape index (κ1) is 13.1. The van der Waals surface area contributed by atoms with Crippen LogP contribution in [0.25, 0.3) is 0 Å². The predicted molar refractivity (Wildman–Crippen MR) is 78.0 cm³/mol. The van der Waals surface area contributed by atoms with Gasteiger partial charge < -0.3 is 10.1 Å². The zero-order valence-corrected chi connectivity index (χ0v) is 11.9. The molecule has 1 N–H and O–H groups in total. The van der Waals surface area contributed by atoms with Gasteiger partial charge in [0.2, 0.25) is 0 Å². The topological polar surface area (TPSA) is 21.3 Å². The van der Waals surface area contributed by atoms with E-state index in [0.717, 1.165) is 29.1 Å². The fourth-order valence-corrected chi connectivity index (χ4v) is 2.01. The van der Waals surface area contributed by atoms with Crippen LogP contribution < -0.4 is 10.1 Å². The molecule has 0 saturated heterocycles. The molecule has 2 aromatic carbocycles. The summed E-state index contributed by atoms with van der Waals surface area (Å²) in [6.45, 7) is 3.93. The summed E-state index contributed by atoms with van der Waals surface area (Å²) in [6.07, 6.45) is 0. The van der Waals surface area contributed by atoms with Crippen LogP contribution in [0, 0.1) is 0 Å². The van der Waals surface area contributed by atoms with Gasteiger partial charge in [0.25, 0.3) is 0 Å². The van der Waals surface area contributed by atoms with E-state index in [9.17, 15) is 0 Å². The third-order valence-electron chi connectivity index (χ3n) is 2.54. The molecule has 18 heavy (non-hydrogen) atoms. The Labute approximate surface area is 116 Å². The van der Waals surface area contributed by atoms with Crippen molar-refractivity contribution in [2.45, 2.75) is 13.5 Å². The number of benzene rings is 2. The maximum atomic E-state index is 5.86. The molecule has 0 heterocycles. The average molecular weight is 306 g/mol. The van der Waals surface area contributed by atoms with Crippen LogP contribution in [0.2, 0.25) is 0 Å². The molecule has 0 spiro atoms. The molecule has 0 atom stereocenters. The number of rotatable bonds is 5. The average Bonchev–Trinajstić information content (AvgIpc) is 2.40. The minimum absolute atomic E-state index is 0.832. The third kappa shape index (κ3) is 3.59. The van der Waals surface area contributed by atoms with Crippen LogP contribution in [0.4, 0.5) is 0 Å². The highest BCUT2D eigenvalue weighted by molar-refractivity contribution is 9.10. The van der Waals surface area contributed by atoms with Crippen molar-refractivity contribution in [3.8, 4) is 11.5 Å². The smallest absolute Gasteiger partial charge is 0.141 e. The number of para-hydroxylation sites is 1. The lowest BCUT2D eigenvalue weighted by Gasteiger charge is -2.09. The zero-order valence-electron chi connectivity index (χ0n) is 10.3. The first-order chi connectivity index (χ1) is 8.79. The normalized spacial score (nSPS) is 10.3. The zero-order chi connectivity index (χ0) is 12.8. The van der Waals surface area contributed by atoms with Crippen LogP contribution >= 0.6 is 15.9 Å². The number of ether oxygens (including phenoxy) is 1. The second-order valence-corrected chi connectivity index (χ2v) is 4.81. The molecule has 2 aromatic rings. The fraction of sp³-hybridized carbons (Fsp3) is 0.200. The first-order valence-electron chi connectivity index (χ1n) is 6.01. The fourth-order valence-electron chi connectivity index (χ4n) is 1.64. The molecule has 0 amide bonds. The Morgan fingerprint density at radius 3 is 2.72 bits per heavy atom. The van der Waals surface area contributed by atoms with Crippen molar-refractivity contribution < 1.29 is 4.74 Å². The summed E-state index contributed by atoms with van der Waals surface area (Å²) in [7, 11) is 0. The third-order valence-corrected chi connectivity index (χ3v) is 3.20. The molecule has 0 aliphatic rings. The summed E-state index contributed by atoms with van der Waals surface area (Å²) in [4.78, 5) is 0. The van der Waals surface area contributed by atoms with Gasteiger partial charge in [0.15, 0.2) is 0 Å². The van der Waals surface area contributed by atoms with Crippen molar-refractivity contribution in [1.82, 2.24) is 5.32 Å². The van der Waals surface area contributed by atoms with Crippen molar-refractivity contribution in [1.29, 1.82) is 0 Å². The Bertz CT molecular complexity index is 513. The molecular formula is C15H16BrNO. The van der Waals surface area contributed by atoms with E-state index in [-0.39, 0.29) is 0 Å². The van der Waals surface area contributed by atoms with Gasteiger partial charge in [-0.3, -0.25) is 0 Å². The van der Waals surface area contributed by atoms with Crippen LogP contribution in [0.1, 0.15) is 12.5 Å². The lowest BCUT2D eigenvalue weighted by atomic mass is 10.2. The van der Waals surface area contributed by atoms with E-state index < -0.39 is 0 Å². The van der Waals surface area contributed by atoms with Crippen molar-refractivity contribution in [3.63, 3.8) is 0 Å². The van der Waals surface area contributed by atoms with Crippen molar-refractivity contribution in [2.24, 2.45) is 0 Å². The molecule has 0 aromatic heterocycles. The van der Waals surface area contributed by atoms with Gasteiger partial charge in [-0.1, -0.05) is 31.2 Å². The van der Waals surface area contributed by atoms with Gasteiger partial charge in [0.1, 0.15) is 11.5 Å². The molecule has 2 rings (SSSR count). The van der Waals surface area contributed by atoms with Crippen LogP contribution in [0.15, 0.2) is 53.0 Å². The van der Waals surface area contributed by atoms with Gasteiger partial charge in [-0.25, -0.2) is 0 Å². The summed E-state index contributed by atoms with van der Waals surface area (Å²) >= 11 is 3.48. The van der Waals surface area contributed by atoms with Gasteiger partial charge in [-0.15, -0.1) is 0 Å². The van der Waals surface area contributed by atoms with Crippen LogP contribution in [-0.2, 0) is 6.54 Å². The van der Waals surface area contributed by atoms with Crippen LogP contribution in [0.3, 0.4) is 0 Å². The van der Waals surface area contributed by atoms with Gasteiger partial charge >= 0.3 is 0 Å². The van der Waals surface area contributed by atoms with E-state index in [4.69, 9.17) is 4.74 Å². The molecule has 0 radical (unpaired) electrons. The summed E-state index contributed by atoms with van der Waals surface area (Å²) in [6, 6.07) is 16.0. The van der Waals surface area contributed by atoms with E-state index in [1.807, 2.05) is 36.4 Å². The molecule has 0 unspecified atom stereocenters. The lowest BCUT2D eigenvalue weighted by Crippen LogP contribution is -2.11. The number of halogens is 1. The molecule has 0 bridgehead atoms. The Morgan fingerprint density at radius 1 is 1.11 bits per heavy atom. The van der Waals surface area contributed by atoms with E-state index in [0.29, 0.717) is 0 Å². The van der Waals surface area contributed by atoms with Crippen molar-refractivity contribution in [3.05, 3.63) is 58.6 Å². The largest absolute Gasteiger partial charge is 0.456 e.